The maximum Gasteiger partial charge on any atom is 0.212 e. The minimum absolute atomic E-state index is 0.478. The summed E-state index contributed by atoms with van der Waals surface area (Å²) in [7, 11) is 0. The smallest absolute Gasteiger partial charge is 0.212 e. The van der Waals surface area contributed by atoms with E-state index in [9.17, 15) is 4.39 Å². The number of fused-ring (bicyclic) bond motifs is 1. The minimum atomic E-state index is -0.478. The Kier molecular flexibility index (Phi) is 4.00. The molecular formula is C18H18FN3. The first-order valence-corrected chi connectivity index (χ1v) is 7.49. The molecule has 0 N–H and O–H groups in total. The van der Waals surface area contributed by atoms with Crippen molar-refractivity contribution in [2.75, 3.05) is 18.0 Å². The van der Waals surface area contributed by atoms with E-state index < -0.39 is 5.95 Å². The largest absolute Gasteiger partial charge is 0.372 e. The Balaban J connectivity index is 2.09. The highest BCUT2D eigenvalue weighted by atomic mass is 19.1. The molecule has 2 heterocycles. The van der Waals surface area contributed by atoms with Gasteiger partial charge in [0.1, 0.15) is 0 Å². The number of halogens is 1. The van der Waals surface area contributed by atoms with Gasteiger partial charge in [0.2, 0.25) is 5.95 Å². The van der Waals surface area contributed by atoms with Crippen LogP contribution in [0.4, 0.5) is 10.1 Å². The van der Waals surface area contributed by atoms with E-state index >= 15 is 0 Å². The predicted octanol–water partition coefficient (Wildman–Crippen LogP) is 4.28. The summed E-state index contributed by atoms with van der Waals surface area (Å²) in [5.41, 5.74) is 3.75. The Hall–Kier alpha value is -2.49. The van der Waals surface area contributed by atoms with Crippen molar-refractivity contribution < 1.29 is 4.39 Å². The monoisotopic (exact) mass is 295 g/mol. The molecule has 4 heteroatoms. The molecule has 0 spiro atoms. The molecule has 22 heavy (non-hydrogen) atoms. The lowest BCUT2D eigenvalue weighted by Gasteiger charge is -2.22. The van der Waals surface area contributed by atoms with Gasteiger partial charge in [-0.15, -0.1) is 0 Å². The SMILES string of the molecule is CCN(CC)c1cccc2nc(-c3ccc(F)nc3)ccc12. The minimum Gasteiger partial charge on any atom is -0.372 e. The van der Waals surface area contributed by atoms with Gasteiger partial charge in [-0.3, -0.25) is 0 Å². The molecule has 0 bridgehead atoms. The Morgan fingerprint density at radius 2 is 1.82 bits per heavy atom. The quantitative estimate of drug-likeness (QED) is 0.673. The van der Waals surface area contributed by atoms with Crippen LogP contribution in [0.1, 0.15) is 13.8 Å². The highest BCUT2D eigenvalue weighted by Gasteiger charge is 2.09. The van der Waals surface area contributed by atoms with Gasteiger partial charge in [0.25, 0.3) is 0 Å². The molecule has 0 saturated heterocycles. The van der Waals surface area contributed by atoms with Crippen LogP contribution in [0.3, 0.4) is 0 Å². The first-order chi connectivity index (χ1) is 10.7. The fourth-order valence-corrected chi connectivity index (χ4v) is 2.67. The third-order valence-electron chi connectivity index (χ3n) is 3.84. The van der Waals surface area contributed by atoms with Gasteiger partial charge < -0.3 is 4.90 Å². The summed E-state index contributed by atoms with van der Waals surface area (Å²) in [6.07, 6.45) is 1.51. The molecule has 0 radical (unpaired) electrons. The van der Waals surface area contributed by atoms with Crippen molar-refractivity contribution >= 4 is 16.6 Å². The second kappa shape index (κ2) is 6.10. The number of benzene rings is 1. The fourth-order valence-electron chi connectivity index (χ4n) is 2.67. The van der Waals surface area contributed by atoms with Crippen molar-refractivity contribution in [1.29, 1.82) is 0 Å². The summed E-state index contributed by atoms with van der Waals surface area (Å²) >= 11 is 0. The zero-order valence-corrected chi connectivity index (χ0v) is 12.8. The van der Waals surface area contributed by atoms with E-state index in [4.69, 9.17) is 4.98 Å². The van der Waals surface area contributed by atoms with Crippen LogP contribution >= 0.6 is 0 Å². The maximum absolute atomic E-state index is 12.9. The fraction of sp³-hybridized carbons (Fsp3) is 0.222. The third kappa shape index (κ3) is 2.64. The van der Waals surface area contributed by atoms with Gasteiger partial charge in [-0.05, 0) is 50.2 Å². The molecule has 0 amide bonds. The number of hydrogen-bond acceptors (Lipinski definition) is 3. The van der Waals surface area contributed by atoms with Crippen molar-refractivity contribution in [3.63, 3.8) is 0 Å². The molecule has 0 fully saturated rings. The van der Waals surface area contributed by atoms with Crippen molar-refractivity contribution in [1.82, 2.24) is 9.97 Å². The van der Waals surface area contributed by atoms with Crippen LogP contribution in [-0.4, -0.2) is 23.1 Å². The van der Waals surface area contributed by atoms with Gasteiger partial charge in [-0.25, -0.2) is 9.97 Å². The van der Waals surface area contributed by atoms with E-state index in [0.29, 0.717) is 0 Å². The average molecular weight is 295 g/mol. The average Bonchev–Trinajstić information content (AvgIpc) is 2.56. The lowest BCUT2D eigenvalue weighted by molar-refractivity contribution is 0.584. The summed E-state index contributed by atoms with van der Waals surface area (Å²) in [5.74, 6) is -0.478. The van der Waals surface area contributed by atoms with Gasteiger partial charge in [-0.1, -0.05) is 6.07 Å². The summed E-state index contributed by atoms with van der Waals surface area (Å²) < 4.78 is 12.9. The van der Waals surface area contributed by atoms with Gasteiger partial charge >= 0.3 is 0 Å². The van der Waals surface area contributed by atoms with Gasteiger partial charge in [0.15, 0.2) is 0 Å². The normalized spacial score (nSPS) is 10.9. The molecule has 3 aromatic rings. The first-order valence-electron chi connectivity index (χ1n) is 7.49. The summed E-state index contributed by atoms with van der Waals surface area (Å²) in [4.78, 5) is 10.7. The van der Waals surface area contributed by atoms with E-state index in [-0.39, 0.29) is 0 Å². The van der Waals surface area contributed by atoms with E-state index in [1.54, 1.807) is 6.07 Å². The number of rotatable bonds is 4. The van der Waals surface area contributed by atoms with Crippen molar-refractivity contribution in [2.24, 2.45) is 0 Å². The molecule has 0 aliphatic carbocycles. The van der Waals surface area contributed by atoms with Crippen LogP contribution < -0.4 is 4.90 Å². The molecular weight excluding hydrogens is 277 g/mol. The highest BCUT2D eigenvalue weighted by molar-refractivity contribution is 5.93. The van der Waals surface area contributed by atoms with Crippen LogP contribution in [0.5, 0.6) is 0 Å². The third-order valence-corrected chi connectivity index (χ3v) is 3.84. The Bertz CT molecular complexity index is 780. The number of pyridine rings is 2. The van der Waals surface area contributed by atoms with E-state index in [1.165, 1.54) is 18.0 Å². The second-order valence-corrected chi connectivity index (χ2v) is 5.08. The molecule has 0 atom stereocenters. The van der Waals surface area contributed by atoms with E-state index in [2.05, 4.69) is 35.9 Å². The standard InChI is InChI=1S/C18H18FN3/c1-3-22(4-2)17-7-5-6-16-14(17)9-10-15(21-16)13-8-11-18(19)20-12-13/h5-12H,3-4H2,1-2H3. The van der Waals surface area contributed by atoms with Gasteiger partial charge in [-0.2, -0.15) is 4.39 Å². The van der Waals surface area contributed by atoms with E-state index in [0.717, 1.165) is 35.2 Å². The van der Waals surface area contributed by atoms with Crippen LogP contribution in [-0.2, 0) is 0 Å². The molecule has 1 aromatic carbocycles. The molecule has 112 valence electrons. The lowest BCUT2D eigenvalue weighted by Crippen LogP contribution is -2.21. The topological polar surface area (TPSA) is 29.0 Å². The van der Waals surface area contributed by atoms with Gasteiger partial charge in [0.05, 0.1) is 11.2 Å². The van der Waals surface area contributed by atoms with E-state index in [1.807, 2.05) is 18.2 Å². The maximum atomic E-state index is 12.9. The predicted molar refractivity (Wildman–Crippen MR) is 88.5 cm³/mol. The Labute approximate surface area is 129 Å². The van der Waals surface area contributed by atoms with Crippen LogP contribution in [0.25, 0.3) is 22.2 Å². The molecule has 0 unspecified atom stereocenters. The Morgan fingerprint density at radius 3 is 2.50 bits per heavy atom. The van der Waals surface area contributed by atoms with Crippen LogP contribution in [0, 0.1) is 5.95 Å². The number of hydrogen-bond donors (Lipinski definition) is 0. The second-order valence-electron chi connectivity index (χ2n) is 5.08. The summed E-state index contributed by atoms with van der Waals surface area (Å²) in [5, 5.41) is 1.13. The molecule has 3 rings (SSSR count). The van der Waals surface area contributed by atoms with Crippen molar-refractivity contribution in [2.45, 2.75) is 13.8 Å². The number of aromatic nitrogens is 2. The molecule has 0 aliphatic rings. The zero-order valence-electron chi connectivity index (χ0n) is 12.8. The molecule has 2 aromatic heterocycles. The zero-order chi connectivity index (χ0) is 15.5. The molecule has 0 saturated carbocycles. The molecule has 0 aliphatic heterocycles. The molecule has 3 nitrogen and oxygen atoms in total. The first kappa shape index (κ1) is 14.4. The van der Waals surface area contributed by atoms with Crippen molar-refractivity contribution in [3.8, 4) is 11.3 Å². The lowest BCUT2D eigenvalue weighted by atomic mass is 10.1. The van der Waals surface area contributed by atoms with Crippen LogP contribution in [0.15, 0.2) is 48.7 Å². The Morgan fingerprint density at radius 1 is 1.00 bits per heavy atom. The summed E-state index contributed by atoms with van der Waals surface area (Å²) in [6, 6.07) is 13.2. The van der Waals surface area contributed by atoms with Crippen LogP contribution in [0.2, 0.25) is 0 Å². The van der Waals surface area contributed by atoms with Gasteiger partial charge in [0, 0.05) is 35.9 Å². The number of anilines is 1. The number of nitrogens with zero attached hydrogens (tertiary/aromatic N) is 3. The summed E-state index contributed by atoms with van der Waals surface area (Å²) in [6.45, 7) is 6.21. The highest BCUT2D eigenvalue weighted by Crippen LogP contribution is 2.28. The van der Waals surface area contributed by atoms with Crippen molar-refractivity contribution in [3.05, 3.63) is 54.6 Å².